The minimum atomic E-state index is -0.726. The average Bonchev–Trinajstić information content (AvgIpc) is 2.48. The molecule has 1 heterocycles. The summed E-state index contributed by atoms with van der Waals surface area (Å²) in [5, 5.41) is 15.5. The van der Waals surface area contributed by atoms with Crippen molar-refractivity contribution in [2.75, 3.05) is 11.9 Å². The Morgan fingerprint density at radius 2 is 2.00 bits per heavy atom. The Bertz CT molecular complexity index is 628. The van der Waals surface area contributed by atoms with E-state index in [2.05, 4.69) is 15.6 Å². The van der Waals surface area contributed by atoms with E-state index in [1.165, 1.54) is 0 Å². The first kappa shape index (κ1) is 15.0. The summed E-state index contributed by atoms with van der Waals surface area (Å²) >= 11 is 0. The van der Waals surface area contributed by atoms with E-state index in [1.54, 1.807) is 18.5 Å². The van der Waals surface area contributed by atoms with Crippen LogP contribution in [0.1, 0.15) is 22.8 Å². The molecule has 1 unspecified atom stereocenters. The number of anilines is 1. The highest BCUT2D eigenvalue weighted by Gasteiger charge is 2.11. The molecule has 2 rings (SSSR count). The third-order valence-electron chi connectivity index (χ3n) is 3.27. The van der Waals surface area contributed by atoms with Gasteiger partial charge in [-0.2, -0.15) is 0 Å². The number of amides is 2. The van der Waals surface area contributed by atoms with E-state index in [-0.39, 0.29) is 12.6 Å². The lowest BCUT2D eigenvalue weighted by molar-refractivity contribution is 0.174. The van der Waals surface area contributed by atoms with Crippen molar-refractivity contribution in [1.29, 1.82) is 0 Å². The molecular formula is C16H19N3O2. The Balaban J connectivity index is 1.90. The highest BCUT2D eigenvalue weighted by molar-refractivity contribution is 5.89. The van der Waals surface area contributed by atoms with Crippen LogP contribution in [-0.4, -0.2) is 22.7 Å². The molecule has 5 heteroatoms. The molecule has 1 aromatic carbocycles. The summed E-state index contributed by atoms with van der Waals surface area (Å²) in [6, 6.07) is 8.94. The number of pyridine rings is 1. The van der Waals surface area contributed by atoms with E-state index in [1.807, 2.05) is 38.1 Å². The van der Waals surface area contributed by atoms with Gasteiger partial charge in [-0.05, 0) is 36.6 Å². The molecule has 0 spiro atoms. The molecule has 0 saturated carbocycles. The number of hydrogen-bond donors (Lipinski definition) is 3. The minimum Gasteiger partial charge on any atom is -0.387 e. The molecule has 110 valence electrons. The van der Waals surface area contributed by atoms with Crippen LogP contribution in [0.3, 0.4) is 0 Å². The lowest BCUT2D eigenvalue weighted by Crippen LogP contribution is -2.32. The monoisotopic (exact) mass is 285 g/mol. The number of aliphatic hydroxyl groups is 1. The molecular weight excluding hydrogens is 266 g/mol. The second kappa shape index (κ2) is 6.85. The second-order valence-corrected chi connectivity index (χ2v) is 4.90. The van der Waals surface area contributed by atoms with Crippen LogP contribution >= 0.6 is 0 Å². The zero-order valence-electron chi connectivity index (χ0n) is 12.1. The van der Waals surface area contributed by atoms with E-state index in [4.69, 9.17) is 0 Å². The highest BCUT2D eigenvalue weighted by Crippen LogP contribution is 2.16. The Kier molecular flexibility index (Phi) is 4.90. The second-order valence-electron chi connectivity index (χ2n) is 4.90. The zero-order chi connectivity index (χ0) is 15.2. The number of rotatable bonds is 4. The average molecular weight is 285 g/mol. The maximum Gasteiger partial charge on any atom is 0.319 e. The first-order valence-electron chi connectivity index (χ1n) is 6.77. The molecule has 0 aliphatic heterocycles. The summed E-state index contributed by atoms with van der Waals surface area (Å²) in [7, 11) is 0. The molecule has 0 aliphatic carbocycles. The van der Waals surface area contributed by atoms with Crippen LogP contribution in [0.4, 0.5) is 10.5 Å². The summed E-state index contributed by atoms with van der Waals surface area (Å²) in [5.74, 6) is 0. The van der Waals surface area contributed by atoms with Crippen molar-refractivity contribution in [3.63, 3.8) is 0 Å². The normalized spacial score (nSPS) is 11.8. The number of benzene rings is 1. The van der Waals surface area contributed by atoms with E-state index in [0.717, 1.165) is 16.7 Å². The van der Waals surface area contributed by atoms with Crippen molar-refractivity contribution >= 4 is 11.7 Å². The predicted octanol–water partition coefficient (Wildman–Crippen LogP) is 2.55. The van der Waals surface area contributed by atoms with Crippen molar-refractivity contribution in [3.8, 4) is 0 Å². The van der Waals surface area contributed by atoms with Gasteiger partial charge in [-0.3, -0.25) is 4.98 Å². The molecule has 0 bridgehead atoms. The van der Waals surface area contributed by atoms with Crippen LogP contribution in [0.5, 0.6) is 0 Å². The third kappa shape index (κ3) is 4.03. The molecule has 2 aromatic rings. The Morgan fingerprint density at radius 3 is 2.71 bits per heavy atom. The molecule has 0 saturated heterocycles. The summed E-state index contributed by atoms with van der Waals surface area (Å²) in [6.07, 6.45) is 2.57. The summed E-state index contributed by atoms with van der Waals surface area (Å²) < 4.78 is 0. The lowest BCUT2D eigenvalue weighted by Gasteiger charge is -2.15. The first-order chi connectivity index (χ1) is 10.1. The number of aryl methyl sites for hydroxylation is 2. The highest BCUT2D eigenvalue weighted by atomic mass is 16.3. The van der Waals surface area contributed by atoms with Crippen molar-refractivity contribution in [2.45, 2.75) is 20.0 Å². The van der Waals surface area contributed by atoms with Crippen molar-refractivity contribution in [2.24, 2.45) is 0 Å². The molecule has 0 aliphatic rings. The number of hydrogen-bond acceptors (Lipinski definition) is 3. The van der Waals surface area contributed by atoms with Crippen LogP contribution in [0, 0.1) is 13.8 Å². The Hall–Kier alpha value is -2.40. The SMILES string of the molecule is Cc1cnccc1NC(=O)NCC(O)c1ccccc1C. The third-order valence-corrected chi connectivity index (χ3v) is 3.27. The number of carbonyl (C=O) groups excluding carboxylic acids is 1. The molecule has 0 radical (unpaired) electrons. The molecule has 2 amide bonds. The number of nitrogens with one attached hydrogen (secondary N) is 2. The summed E-state index contributed by atoms with van der Waals surface area (Å²) in [5.41, 5.74) is 3.40. The molecule has 3 N–H and O–H groups in total. The fourth-order valence-corrected chi connectivity index (χ4v) is 2.04. The maximum atomic E-state index is 11.8. The van der Waals surface area contributed by atoms with Crippen LogP contribution in [0.2, 0.25) is 0 Å². The first-order valence-corrected chi connectivity index (χ1v) is 6.77. The van der Waals surface area contributed by atoms with Gasteiger partial charge in [-0.25, -0.2) is 4.79 Å². The van der Waals surface area contributed by atoms with Crippen molar-refractivity contribution in [1.82, 2.24) is 10.3 Å². The van der Waals surface area contributed by atoms with Crippen LogP contribution in [0.25, 0.3) is 0 Å². The van der Waals surface area contributed by atoms with Crippen LogP contribution in [0.15, 0.2) is 42.7 Å². The van der Waals surface area contributed by atoms with Crippen molar-refractivity contribution < 1.29 is 9.90 Å². The predicted molar refractivity (Wildman–Crippen MR) is 82.1 cm³/mol. The van der Waals surface area contributed by atoms with Gasteiger partial charge in [0.25, 0.3) is 0 Å². The van der Waals surface area contributed by atoms with E-state index < -0.39 is 6.10 Å². The van der Waals surface area contributed by atoms with Gasteiger partial charge in [0.1, 0.15) is 0 Å². The number of nitrogens with zero attached hydrogens (tertiary/aromatic N) is 1. The fraction of sp³-hybridized carbons (Fsp3) is 0.250. The van der Waals surface area contributed by atoms with E-state index >= 15 is 0 Å². The van der Waals surface area contributed by atoms with Gasteiger partial charge in [0.2, 0.25) is 0 Å². The number of urea groups is 1. The van der Waals surface area contributed by atoms with Crippen LogP contribution in [-0.2, 0) is 0 Å². The van der Waals surface area contributed by atoms with Crippen molar-refractivity contribution in [3.05, 3.63) is 59.4 Å². The summed E-state index contributed by atoms with van der Waals surface area (Å²) in [6.45, 7) is 3.95. The fourth-order valence-electron chi connectivity index (χ4n) is 2.04. The van der Waals surface area contributed by atoms with E-state index in [9.17, 15) is 9.90 Å². The zero-order valence-corrected chi connectivity index (χ0v) is 12.1. The van der Waals surface area contributed by atoms with E-state index in [0.29, 0.717) is 5.69 Å². The number of aromatic nitrogens is 1. The van der Waals surface area contributed by atoms with Crippen LogP contribution < -0.4 is 10.6 Å². The molecule has 21 heavy (non-hydrogen) atoms. The van der Waals surface area contributed by atoms with Gasteiger partial charge in [0.15, 0.2) is 0 Å². The largest absolute Gasteiger partial charge is 0.387 e. The van der Waals surface area contributed by atoms with Gasteiger partial charge in [-0.1, -0.05) is 24.3 Å². The standard InChI is InChI=1S/C16H19N3O2/c1-11-5-3-4-6-13(11)15(20)10-18-16(21)19-14-7-8-17-9-12(14)2/h3-9,15,20H,10H2,1-2H3,(H2,17,18,19,21). The smallest absolute Gasteiger partial charge is 0.319 e. The topological polar surface area (TPSA) is 74.2 Å². The van der Waals surface area contributed by atoms with Gasteiger partial charge in [-0.15, -0.1) is 0 Å². The number of carbonyl (C=O) groups is 1. The van der Waals surface area contributed by atoms with Gasteiger partial charge < -0.3 is 15.7 Å². The quantitative estimate of drug-likeness (QED) is 0.808. The Labute approximate surface area is 124 Å². The molecule has 0 fully saturated rings. The van der Waals surface area contributed by atoms with Gasteiger partial charge in [0, 0.05) is 24.6 Å². The molecule has 1 atom stereocenters. The molecule has 1 aromatic heterocycles. The van der Waals surface area contributed by atoms with Gasteiger partial charge >= 0.3 is 6.03 Å². The minimum absolute atomic E-state index is 0.154. The lowest BCUT2D eigenvalue weighted by atomic mass is 10.0. The maximum absolute atomic E-state index is 11.8. The summed E-state index contributed by atoms with van der Waals surface area (Å²) in [4.78, 5) is 15.8. The van der Waals surface area contributed by atoms with Gasteiger partial charge in [0.05, 0.1) is 6.10 Å². The number of aliphatic hydroxyl groups excluding tert-OH is 1. The molecule has 5 nitrogen and oxygen atoms in total. The Morgan fingerprint density at radius 1 is 1.24 bits per heavy atom.